The van der Waals surface area contributed by atoms with E-state index in [1.54, 1.807) is 9.80 Å². The first-order valence-electron chi connectivity index (χ1n) is 10.2. The maximum absolute atomic E-state index is 13.1. The lowest BCUT2D eigenvalue weighted by molar-refractivity contribution is 0.155. The highest BCUT2D eigenvalue weighted by Gasteiger charge is 2.20. The zero-order valence-electron chi connectivity index (χ0n) is 17.4. The van der Waals surface area contributed by atoms with Crippen LogP contribution in [0.2, 0.25) is 0 Å². The van der Waals surface area contributed by atoms with Crippen molar-refractivity contribution in [3.05, 3.63) is 81.6 Å². The van der Waals surface area contributed by atoms with Crippen LogP contribution in [0.5, 0.6) is 0 Å². The van der Waals surface area contributed by atoms with E-state index in [0.717, 1.165) is 22.9 Å². The van der Waals surface area contributed by atoms with Gasteiger partial charge >= 0.3 is 6.03 Å². The van der Waals surface area contributed by atoms with Crippen molar-refractivity contribution >= 4 is 16.9 Å². The van der Waals surface area contributed by atoms with Crippen LogP contribution in [0.3, 0.4) is 0 Å². The molecule has 0 saturated carbocycles. The molecule has 2 aromatic carbocycles. The molecule has 0 aliphatic rings. The van der Waals surface area contributed by atoms with Crippen LogP contribution < -0.4 is 5.56 Å². The molecule has 1 aromatic heterocycles. The van der Waals surface area contributed by atoms with Crippen LogP contribution in [0.15, 0.2) is 59.4 Å². The molecule has 0 atom stereocenters. The zero-order chi connectivity index (χ0) is 20.8. The number of benzene rings is 2. The van der Waals surface area contributed by atoms with Crippen LogP contribution in [0, 0.1) is 6.92 Å². The summed E-state index contributed by atoms with van der Waals surface area (Å²) in [6, 6.07) is 17.9. The third-order valence-corrected chi connectivity index (χ3v) is 5.26. The van der Waals surface area contributed by atoms with Crippen LogP contribution in [-0.4, -0.2) is 40.4 Å². The number of amides is 2. The summed E-state index contributed by atoms with van der Waals surface area (Å²) < 4.78 is 0. The number of hydrogen-bond acceptors (Lipinski definition) is 2. The number of rotatable bonds is 7. The molecule has 0 spiro atoms. The molecule has 3 rings (SSSR count). The van der Waals surface area contributed by atoms with Gasteiger partial charge in [0.2, 0.25) is 0 Å². The summed E-state index contributed by atoms with van der Waals surface area (Å²) in [6.45, 7) is 8.12. The third kappa shape index (κ3) is 5.05. The van der Waals surface area contributed by atoms with Crippen molar-refractivity contribution in [2.24, 2.45) is 0 Å². The van der Waals surface area contributed by atoms with Gasteiger partial charge in [-0.1, -0.05) is 42.0 Å². The van der Waals surface area contributed by atoms with Gasteiger partial charge in [0, 0.05) is 30.7 Å². The number of urea groups is 1. The number of carbonyl (C=O) groups excluding carboxylic acids is 1. The van der Waals surface area contributed by atoms with Crippen LogP contribution in [0.1, 0.15) is 30.5 Å². The summed E-state index contributed by atoms with van der Waals surface area (Å²) in [6.07, 6.45) is 0.748. The summed E-state index contributed by atoms with van der Waals surface area (Å²) in [5.41, 5.74) is 3.59. The number of fused-ring (bicyclic) bond motifs is 1. The Bertz CT molecular complexity index is 1020. The first-order valence-corrected chi connectivity index (χ1v) is 10.2. The van der Waals surface area contributed by atoms with Gasteiger partial charge in [0.15, 0.2) is 0 Å². The molecule has 0 aliphatic heterocycles. The first kappa shape index (κ1) is 20.6. The van der Waals surface area contributed by atoms with Gasteiger partial charge < -0.3 is 14.8 Å². The van der Waals surface area contributed by atoms with Crippen molar-refractivity contribution in [1.29, 1.82) is 0 Å². The van der Waals surface area contributed by atoms with Gasteiger partial charge in [-0.3, -0.25) is 4.79 Å². The van der Waals surface area contributed by atoms with Crippen LogP contribution in [0.25, 0.3) is 10.9 Å². The quantitative estimate of drug-likeness (QED) is 0.651. The van der Waals surface area contributed by atoms with Gasteiger partial charge in [-0.15, -0.1) is 0 Å². The second kappa shape index (κ2) is 9.41. The van der Waals surface area contributed by atoms with E-state index in [4.69, 9.17) is 0 Å². The van der Waals surface area contributed by atoms with Crippen LogP contribution >= 0.6 is 0 Å². The van der Waals surface area contributed by atoms with E-state index in [2.05, 4.69) is 23.2 Å². The summed E-state index contributed by atoms with van der Waals surface area (Å²) in [5, 5.41) is 0.984. The maximum Gasteiger partial charge on any atom is 0.320 e. The fourth-order valence-corrected chi connectivity index (χ4v) is 3.54. The van der Waals surface area contributed by atoms with E-state index < -0.39 is 0 Å². The fourth-order valence-electron chi connectivity index (χ4n) is 3.54. The number of hydrogen-bond donors (Lipinski definition) is 1. The van der Waals surface area contributed by atoms with E-state index in [1.807, 2.05) is 57.2 Å². The Kier molecular flexibility index (Phi) is 6.70. The minimum Gasteiger partial charge on any atom is -0.325 e. The highest BCUT2D eigenvalue weighted by Crippen LogP contribution is 2.15. The van der Waals surface area contributed by atoms with Gasteiger partial charge in [-0.2, -0.15) is 0 Å². The second-order valence-corrected chi connectivity index (χ2v) is 7.33. The lowest BCUT2D eigenvalue weighted by Crippen LogP contribution is -2.44. The molecular formula is C24H29N3O2. The summed E-state index contributed by atoms with van der Waals surface area (Å²) >= 11 is 0. The van der Waals surface area contributed by atoms with Gasteiger partial charge in [0.25, 0.3) is 5.56 Å². The number of aromatic nitrogens is 1. The van der Waals surface area contributed by atoms with Gasteiger partial charge in [0.1, 0.15) is 0 Å². The summed E-state index contributed by atoms with van der Waals surface area (Å²) in [5.74, 6) is 0. The van der Waals surface area contributed by atoms with E-state index in [-0.39, 0.29) is 11.6 Å². The molecule has 0 unspecified atom stereocenters. The highest BCUT2D eigenvalue weighted by molar-refractivity contribution is 5.80. The Morgan fingerprint density at radius 1 is 0.966 bits per heavy atom. The van der Waals surface area contributed by atoms with Crippen LogP contribution in [0.4, 0.5) is 4.79 Å². The van der Waals surface area contributed by atoms with E-state index in [0.29, 0.717) is 31.7 Å². The molecule has 1 heterocycles. The Morgan fingerprint density at radius 3 is 2.38 bits per heavy atom. The summed E-state index contributed by atoms with van der Waals surface area (Å²) in [7, 11) is 0. The molecule has 0 radical (unpaired) electrons. The lowest BCUT2D eigenvalue weighted by atomic mass is 10.1. The Balaban J connectivity index is 1.89. The lowest BCUT2D eigenvalue weighted by Gasteiger charge is -2.29. The van der Waals surface area contributed by atoms with E-state index >= 15 is 0 Å². The molecule has 0 fully saturated rings. The molecule has 3 aromatic rings. The zero-order valence-corrected chi connectivity index (χ0v) is 17.4. The van der Waals surface area contributed by atoms with Gasteiger partial charge in [0.05, 0.1) is 6.54 Å². The topological polar surface area (TPSA) is 56.4 Å². The Morgan fingerprint density at radius 2 is 1.69 bits per heavy atom. The third-order valence-electron chi connectivity index (χ3n) is 5.26. The molecule has 5 nitrogen and oxygen atoms in total. The normalized spacial score (nSPS) is 10.9. The van der Waals surface area contributed by atoms with Crippen LogP contribution in [-0.2, 0) is 13.0 Å². The van der Waals surface area contributed by atoms with Crippen molar-refractivity contribution in [2.45, 2.75) is 33.7 Å². The van der Waals surface area contributed by atoms with Gasteiger partial charge in [-0.05, 0) is 56.3 Å². The standard InChI is InChI=1S/C24H29N3O2/c1-4-26(5-2)24(29)27(14-13-19-9-7-6-8-10-19)17-21-16-20-15-18(3)11-12-22(20)25-23(21)28/h6-12,15-16H,4-5,13-14,17H2,1-3H3,(H,25,28). The van der Waals surface area contributed by atoms with Crippen molar-refractivity contribution < 1.29 is 4.79 Å². The van der Waals surface area contributed by atoms with Crippen molar-refractivity contribution in [2.75, 3.05) is 19.6 Å². The van der Waals surface area contributed by atoms with Crippen molar-refractivity contribution in [1.82, 2.24) is 14.8 Å². The fraction of sp³-hybridized carbons (Fsp3) is 0.333. The summed E-state index contributed by atoms with van der Waals surface area (Å²) in [4.78, 5) is 32.3. The minimum atomic E-state index is -0.140. The van der Waals surface area contributed by atoms with Gasteiger partial charge in [-0.25, -0.2) is 4.79 Å². The molecule has 2 amide bonds. The Labute approximate surface area is 172 Å². The smallest absolute Gasteiger partial charge is 0.320 e. The number of aromatic amines is 1. The van der Waals surface area contributed by atoms with E-state index in [1.165, 1.54) is 5.56 Å². The number of carbonyl (C=O) groups is 1. The average molecular weight is 392 g/mol. The molecule has 0 bridgehead atoms. The predicted octanol–water partition coefficient (Wildman–Crippen LogP) is 4.34. The molecule has 29 heavy (non-hydrogen) atoms. The maximum atomic E-state index is 13.1. The van der Waals surface area contributed by atoms with Crippen molar-refractivity contribution in [3.63, 3.8) is 0 Å². The van der Waals surface area contributed by atoms with E-state index in [9.17, 15) is 9.59 Å². The SMILES string of the molecule is CCN(CC)C(=O)N(CCc1ccccc1)Cc1cc2cc(C)ccc2[nH]c1=O. The first-order chi connectivity index (χ1) is 14.0. The molecular weight excluding hydrogens is 362 g/mol. The number of aryl methyl sites for hydroxylation is 1. The average Bonchev–Trinajstić information content (AvgIpc) is 2.73. The molecule has 0 aliphatic carbocycles. The number of pyridine rings is 1. The molecule has 152 valence electrons. The number of H-pyrrole nitrogens is 1. The predicted molar refractivity (Wildman–Crippen MR) is 118 cm³/mol. The number of nitrogens with one attached hydrogen (secondary N) is 1. The molecule has 1 N–H and O–H groups in total. The number of nitrogens with zero attached hydrogens (tertiary/aromatic N) is 2. The molecule has 5 heteroatoms. The second-order valence-electron chi connectivity index (χ2n) is 7.33. The van der Waals surface area contributed by atoms with Crippen molar-refractivity contribution in [3.8, 4) is 0 Å². The monoisotopic (exact) mass is 391 g/mol. The highest BCUT2D eigenvalue weighted by atomic mass is 16.2. The largest absolute Gasteiger partial charge is 0.325 e. The molecule has 0 saturated heterocycles. The minimum absolute atomic E-state index is 0.0327. The Hall–Kier alpha value is -3.08.